The quantitative estimate of drug-likeness (QED) is 0.764. The van der Waals surface area contributed by atoms with E-state index < -0.39 is 0 Å². The number of benzene rings is 2. The van der Waals surface area contributed by atoms with Gasteiger partial charge in [0, 0.05) is 37.8 Å². The average Bonchev–Trinajstić information content (AvgIpc) is 2.59. The fraction of sp³-hybridized carbons (Fsp3) is 0.400. The Bertz CT molecular complexity index is 699. The smallest absolute Gasteiger partial charge is 0.124 e. The minimum absolute atomic E-state index is 0. The Labute approximate surface area is 163 Å². The molecule has 1 heterocycles. The first-order valence-corrected chi connectivity index (χ1v) is 8.35. The van der Waals surface area contributed by atoms with Crippen molar-refractivity contribution in [1.29, 1.82) is 0 Å². The number of piperazine rings is 1. The molecule has 25 heavy (non-hydrogen) atoms. The lowest BCUT2D eigenvalue weighted by Crippen LogP contribution is -2.45. The first-order valence-electron chi connectivity index (χ1n) is 8.35. The van der Waals surface area contributed by atoms with Crippen LogP contribution in [0.15, 0.2) is 48.6 Å². The number of nitrogens with one attached hydrogen (secondary N) is 1. The molecular formula is C20H28Cl2N2O. The van der Waals surface area contributed by atoms with Crippen LogP contribution >= 0.6 is 24.8 Å². The maximum absolute atomic E-state index is 5.73. The molecule has 0 amide bonds. The molecule has 5 heteroatoms. The van der Waals surface area contributed by atoms with Gasteiger partial charge in [0.15, 0.2) is 0 Å². The summed E-state index contributed by atoms with van der Waals surface area (Å²) in [6.07, 6.45) is 0.963. The Balaban J connectivity index is 0.00000156. The van der Waals surface area contributed by atoms with Crippen molar-refractivity contribution in [3.8, 4) is 5.75 Å². The van der Waals surface area contributed by atoms with Crippen LogP contribution in [0.1, 0.15) is 24.9 Å². The Kier molecular flexibility index (Phi) is 8.74. The number of hydrogen-bond acceptors (Lipinski definition) is 3. The molecule has 2 aromatic carbocycles. The summed E-state index contributed by atoms with van der Waals surface area (Å²) in [5.74, 6) is 0.980. The number of nitrogens with zero attached hydrogens (tertiary/aromatic N) is 1. The fourth-order valence-electron chi connectivity index (χ4n) is 3.53. The number of hydrogen-bond donors (Lipinski definition) is 1. The third-order valence-corrected chi connectivity index (χ3v) is 4.62. The van der Waals surface area contributed by atoms with Gasteiger partial charge in [0.25, 0.3) is 0 Å². The molecule has 3 rings (SSSR count). The molecule has 1 atom stereocenters. The van der Waals surface area contributed by atoms with Gasteiger partial charge in [-0.25, -0.2) is 0 Å². The molecule has 0 bridgehead atoms. The van der Waals surface area contributed by atoms with Gasteiger partial charge in [0.05, 0.1) is 7.11 Å². The monoisotopic (exact) mass is 382 g/mol. The SMILES string of the molecule is C=C(C)C[C@H](c1c(OC)ccc2ccccc12)N1CCNCC1.Cl.Cl. The molecule has 1 aliphatic rings. The zero-order valence-corrected chi connectivity index (χ0v) is 16.6. The topological polar surface area (TPSA) is 24.5 Å². The highest BCUT2D eigenvalue weighted by Gasteiger charge is 2.26. The van der Waals surface area contributed by atoms with Crippen LogP contribution < -0.4 is 10.1 Å². The molecule has 138 valence electrons. The van der Waals surface area contributed by atoms with E-state index in [9.17, 15) is 0 Å². The number of rotatable bonds is 5. The van der Waals surface area contributed by atoms with Crippen LogP contribution in [-0.4, -0.2) is 38.2 Å². The van der Waals surface area contributed by atoms with E-state index in [2.05, 4.69) is 60.1 Å². The Morgan fingerprint density at radius 3 is 2.48 bits per heavy atom. The molecule has 0 spiro atoms. The van der Waals surface area contributed by atoms with Crippen molar-refractivity contribution in [3.63, 3.8) is 0 Å². The third kappa shape index (κ3) is 4.89. The van der Waals surface area contributed by atoms with Crippen LogP contribution in [0.3, 0.4) is 0 Å². The number of methoxy groups -OCH3 is 1. The predicted molar refractivity (Wildman–Crippen MR) is 112 cm³/mol. The molecule has 0 radical (unpaired) electrons. The maximum Gasteiger partial charge on any atom is 0.124 e. The van der Waals surface area contributed by atoms with E-state index in [1.165, 1.54) is 21.9 Å². The standard InChI is InChI=1S/C20H26N2O.2ClH/c1-15(2)14-18(22-12-10-21-11-13-22)20-17-7-5-4-6-16(17)8-9-19(20)23-3;;/h4-9,18,21H,1,10-14H2,2-3H3;2*1H/t18-;;/m1../s1. The molecule has 2 aromatic rings. The lowest BCUT2D eigenvalue weighted by Gasteiger charge is -2.36. The number of ether oxygens (including phenoxy) is 1. The van der Waals surface area contributed by atoms with Gasteiger partial charge in [-0.15, -0.1) is 31.4 Å². The first kappa shape index (κ1) is 21.8. The third-order valence-electron chi connectivity index (χ3n) is 4.62. The van der Waals surface area contributed by atoms with Crippen molar-refractivity contribution >= 4 is 35.6 Å². The molecule has 0 aromatic heterocycles. The van der Waals surface area contributed by atoms with Crippen LogP contribution in [0, 0.1) is 0 Å². The minimum atomic E-state index is 0. The lowest BCUT2D eigenvalue weighted by atomic mass is 9.92. The van der Waals surface area contributed by atoms with E-state index in [0.29, 0.717) is 6.04 Å². The van der Waals surface area contributed by atoms with Gasteiger partial charge in [0.2, 0.25) is 0 Å². The lowest BCUT2D eigenvalue weighted by molar-refractivity contribution is 0.170. The molecule has 0 aliphatic carbocycles. The summed E-state index contributed by atoms with van der Waals surface area (Å²) in [6, 6.07) is 13.2. The highest BCUT2D eigenvalue weighted by atomic mass is 35.5. The van der Waals surface area contributed by atoms with E-state index in [1.54, 1.807) is 7.11 Å². The van der Waals surface area contributed by atoms with Gasteiger partial charge in [-0.1, -0.05) is 35.9 Å². The van der Waals surface area contributed by atoms with E-state index in [-0.39, 0.29) is 24.8 Å². The zero-order chi connectivity index (χ0) is 16.2. The summed E-state index contributed by atoms with van der Waals surface area (Å²) in [5, 5.41) is 6.00. The second kappa shape index (κ2) is 10.0. The highest BCUT2D eigenvalue weighted by Crippen LogP contribution is 2.39. The average molecular weight is 383 g/mol. The van der Waals surface area contributed by atoms with Crippen LogP contribution in [-0.2, 0) is 0 Å². The van der Waals surface area contributed by atoms with E-state index in [0.717, 1.165) is 38.3 Å². The van der Waals surface area contributed by atoms with Gasteiger partial charge < -0.3 is 10.1 Å². The van der Waals surface area contributed by atoms with Crippen LogP contribution in [0.5, 0.6) is 5.75 Å². The van der Waals surface area contributed by atoms with Gasteiger partial charge in [-0.05, 0) is 30.2 Å². The number of halogens is 2. The van der Waals surface area contributed by atoms with Crippen molar-refractivity contribution < 1.29 is 4.74 Å². The second-order valence-corrected chi connectivity index (χ2v) is 6.37. The Morgan fingerprint density at radius 2 is 1.84 bits per heavy atom. The molecule has 1 saturated heterocycles. The molecule has 0 saturated carbocycles. The van der Waals surface area contributed by atoms with Crippen LogP contribution in [0.25, 0.3) is 10.8 Å². The van der Waals surface area contributed by atoms with E-state index in [1.807, 2.05) is 0 Å². The van der Waals surface area contributed by atoms with Gasteiger partial charge in [-0.2, -0.15) is 0 Å². The Morgan fingerprint density at radius 1 is 1.16 bits per heavy atom. The summed E-state index contributed by atoms with van der Waals surface area (Å²) < 4.78 is 5.73. The van der Waals surface area contributed by atoms with Crippen molar-refractivity contribution in [3.05, 3.63) is 54.1 Å². The Hall–Kier alpha value is -1.26. The van der Waals surface area contributed by atoms with Crippen LogP contribution in [0.2, 0.25) is 0 Å². The van der Waals surface area contributed by atoms with Crippen molar-refractivity contribution in [2.24, 2.45) is 0 Å². The fourth-order valence-corrected chi connectivity index (χ4v) is 3.53. The summed E-state index contributed by atoms with van der Waals surface area (Å²) in [5.41, 5.74) is 2.51. The van der Waals surface area contributed by atoms with Gasteiger partial charge >= 0.3 is 0 Å². The largest absolute Gasteiger partial charge is 0.496 e. The second-order valence-electron chi connectivity index (χ2n) is 6.37. The summed E-state index contributed by atoms with van der Waals surface area (Å²) in [7, 11) is 1.77. The van der Waals surface area contributed by atoms with Crippen molar-refractivity contribution in [1.82, 2.24) is 10.2 Å². The first-order chi connectivity index (χ1) is 11.2. The minimum Gasteiger partial charge on any atom is -0.496 e. The predicted octanol–water partition coefficient (Wildman–Crippen LogP) is 4.60. The zero-order valence-electron chi connectivity index (χ0n) is 15.0. The molecule has 1 aliphatic heterocycles. The van der Waals surface area contributed by atoms with Gasteiger partial charge in [-0.3, -0.25) is 4.90 Å². The molecular weight excluding hydrogens is 355 g/mol. The molecule has 3 nitrogen and oxygen atoms in total. The van der Waals surface area contributed by atoms with E-state index in [4.69, 9.17) is 4.74 Å². The summed E-state index contributed by atoms with van der Waals surface area (Å²) >= 11 is 0. The normalized spacial score (nSPS) is 15.8. The summed E-state index contributed by atoms with van der Waals surface area (Å²) in [4.78, 5) is 2.56. The van der Waals surface area contributed by atoms with Gasteiger partial charge in [0.1, 0.15) is 5.75 Å². The highest BCUT2D eigenvalue weighted by molar-refractivity contribution is 5.88. The van der Waals surface area contributed by atoms with Crippen LogP contribution in [0.4, 0.5) is 0 Å². The van der Waals surface area contributed by atoms with Crippen molar-refractivity contribution in [2.75, 3.05) is 33.3 Å². The summed E-state index contributed by atoms with van der Waals surface area (Å²) in [6.45, 7) is 10.5. The van der Waals surface area contributed by atoms with E-state index >= 15 is 0 Å². The van der Waals surface area contributed by atoms with Crippen molar-refractivity contribution in [2.45, 2.75) is 19.4 Å². The molecule has 1 fully saturated rings. The molecule has 0 unspecified atom stereocenters. The number of fused-ring (bicyclic) bond motifs is 1. The molecule has 1 N–H and O–H groups in total. The maximum atomic E-state index is 5.73.